The predicted octanol–water partition coefficient (Wildman–Crippen LogP) is -2.57. The van der Waals surface area contributed by atoms with E-state index in [0.717, 1.165) is 0 Å². The lowest BCUT2D eigenvalue weighted by Gasteiger charge is -2.32. The summed E-state index contributed by atoms with van der Waals surface area (Å²) >= 11 is 0. The van der Waals surface area contributed by atoms with Crippen molar-refractivity contribution < 1.29 is 33.9 Å². The molecule has 236 valence electrons. The molecule has 1 fully saturated rings. The molecule has 1 aromatic rings. The van der Waals surface area contributed by atoms with Crippen LogP contribution in [0.15, 0.2) is 35.3 Å². The number of carbonyl (C=O) groups excluding carboxylic acids is 5. The van der Waals surface area contributed by atoms with Gasteiger partial charge in [0.15, 0.2) is 5.96 Å². The molecule has 0 saturated carbocycles. The summed E-state index contributed by atoms with van der Waals surface area (Å²) in [6.07, 6.45) is 0.949. The quantitative estimate of drug-likeness (QED) is 0.0786. The van der Waals surface area contributed by atoms with Crippen LogP contribution in [0.1, 0.15) is 50.1 Å². The fourth-order valence-electron chi connectivity index (χ4n) is 4.46. The summed E-state index contributed by atoms with van der Waals surface area (Å²) in [5, 5.41) is 19.5. The lowest BCUT2D eigenvalue weighted by atomic mass is 10.0. The molecular weight excluding hydrogens is 562 g/mol. The molecule has 5 amide bonds. The van der Waals surface area contributed by atoms with Crippen LogP contribution in [-0.4, -0.2) is 96.3 Å². The highest BCUT2D eigenvalue weighted by Gasteiger charge is 2.35. The highest BCUT2D eigenvalue weighted by atomic mass is 16.4. The number of carbonyl (C=O) groups is 6. The van der Waals surface area contributed by atoms with Gasteiger partial charge in [-0.05, 0) is 44.2 Å². The maximum Gasteiger partial charge on any atom is 0.326 e. The minimum atomic E-state index is -1.65. The standard InChI is InChI=1S/C27H41N9O7/c1-36-19(11-5-6-12-28)23(39)35-22(16-8-3-2-4-9-16)24(40)34-18(26(42)43)14-20(37)32-15-21(38)33-17(25(36)41)10-7-13-31-27(29)30/h2-4,8-9,17-19,22H,5-7,10-15,28H2,1H3,(H,32,37)(H,33,38)(H,34,40)(H,35,39)(H,42,43)(H4,29,30,31). The minimum absolute atomic E-state index is 0.104. The Morgan fingerprint density at radius 2 is 1.65 bits per heavy atom. The van der Waals surface area contributed by atoms with Gasteiger partial charge in [0.2, 0.25) is 29.5 Å². The Morgan fingerprint density at radius 3 is 2.28 bits per heavy atom. The Hall–Kier alpha value is -4.73. The molecule has 0 radical (unpaired) electrons. The summed E-state index contributed by atoms with van der Waals surface area (Å²) in [7, 11) is 1.41. The lowest BCUT2D eigenvalue weighted by molar-refractivity contribution is -0.145. The van der Waals surface area contributed by atoms with Crippen LogP contribution in [0.3, 0.4) is 0 Å². The van der Waals surface area contributed by atoms with Gasteiger partial charge in [-0.1, -0.05) is 30.3 Å². The van der Waals surface area contributed by atoms with Gasteiger partial charge in [-0.2, -0.15) is 0 Å². The molecule has 0 aliphatic carbocycles. The van der Waals surface area contributed by atoms with E-state index in [9.17, 15) is 33.9 Å². The van der Waals surface area contributed by atoms with Gasteiger partial charge < -0.3 is 48.5 Å². The molecule has 2 rings (SSSR count). The summed E-state index contributed by atoms with van der Waals surface area (Å²) in [4.78, 5) is 83.0. The van der Waals surface area contributed by atoms with Crippen LogP contribution in [0.5, 0.6) is 0 Å². The molecule has 1 saturated heterocycles. The number of carboxylic acid groups (broad SMARTS) is 1. The number of nitrogens with one attached hydrogen (secondary N) is 4. The zero-order valence-electron chi connectivity index (χ0n) is 24.1. The number of unbranched alkanes of at least 4 members (excludes halogenated alkanes) is 1. The number of benzene rings is 1. The maximum absolute atomic E-state index is 13.7. The molecule has 16 heteroatoms. The van der Waals surface area contributed by atoms with E-state index in [-0.39, 0.29) is 25.3 Å². The van der Waals surface area contributed by atoms with E-state index in [2.05, 4.69) is 26.3 Å². The first kappa shape index (κ1) is 34.5. The number of guanidine groups is 1. The van der Waals surface area contributed by atoms with Crippen LogP contribution in [0, 0.1) is 0 Å². The molecule has 11 N–H and O–H groups in total. The van der Waals surface area contributed by atoms with Crippen LogP contribution in [0.4, 0.5) is 0 Å². The SMILES string of the molecule is CN1C(=O)C(CCCN=C(N)N)NC(=O)CNC(=O)CC(C(=O)O)NC(=O)C(c2ccccc2)NC(=O)C1CCCCN. The topological polar surface area (TPSA) is 264 Å². The highest BCUT2D eigenvalue weighted by Crippen LogP contribution is 2.17. The molecule has 1 heterocycles. The Morgan fingerprint density at radius 1 is 0.953 bits per heavy atom. The molecular formula is C27H41N9O7. The van der Waals surface area contributed by atoms with Crippen molar-refractivity contribution in [3.63, 3.8) is 0 Å². The number of nitrogens with two attached hydrogens (primary N) is 3. The Balaban J connectivity index is 2.51. The van der Waals surface area contributed by atoms with Gasteiger partial charge in [0, 0.05) is 13.6 Å². The fourth-order valence-corrected chi connectivity index (χ4v) is 4.46. The van der Waals surface area contributed by atoms with Crippen molar-refractivity contribution in [3.8, 4) is 0 Å². The molecule has 1 aliphatic heterocycles. The van der Waals surface area contributed by atoms with Crippen molar-refractivity contribution in [1.82, 2.24) is 26.2 Å². The largest absolute Gasteiger partial charge is 0.480 e. The van der Waals surface area contributed by atoms with Crippen molar-refractivity contribution in [2.45, 2.75) is 62.7 Å². The average Bonchev–Trinajstić information content (AvgIpc) is 2.97. The Bertz CT molecular complexity index is 1170. The molecule has 16 nitrogen and oxygen atoms in total. The minimum Gasteiger partial charge on any atom is -0.480 e. The van der Waals surface area contributed by atoms with Crippen LogP contribution in [0.25, 0.3) is 0 Å². The average molecular weight is 604 g/mol. The zero-order valence-corrected chi connectivity index (χ0v) is 24.1. The summed E-state index contributed by atoms with van der Waals surface area (Å²) in [5.74, 6) is -5.33. The highest BCUT2D eigenvalue weighted by molar-refractivity contribution is 5.97. The number of nitrogens with zero attached hydrogens (tertiary/aromatic N) is 2. The van der Waals surface area contributed by atoms with E-state index in [1.54, 1.807) is 30.3 Å². The number of aliphatic carboxylic acids is 1. The van der Waals surface area contributed by atoms with Gasteiger partial charge in [0.1, 0.15) is 24.2 Å². The third-order valence-electron chi connectivity index (χ3n) is 6.76. The number of aliphatic imine (C=N–C) groups is 1. The van der Waals surface area contributed by atoms with Gasteiger partial charge in [-0.25, -0.2) is 4.79 Å². The van der Waals surface area contributed by atoms with Gasteiger partial charge >= 0.3 is 5.97 Å². The van der Waals surface area contributed by atoms with Gasteiger partial charge in [0.05, 0.1) is 13.0 Å². The van der Waals surface area contributed by atoms with E-state index in [1.807, 2.05) is 0 Å². The van der Waals surface area contributed by atoms with Gasteiger partial charge in [-0.15, -0.1) is 0 Å². The van der Waals surface area contributed by atoms with Crippen LogP contribution in [-0.2, 0) is 28.8 Å². The first-order chi connectivity index (χ1) is 20.4. The van der Waals surface area contributed by atoms with E-state index in [0.29, 0.717) is 31.4 Å². The number of hydrogen-bond donors (Lipinski definition) is 8. The molecule has 0 spiro atoms. The summed E-state index contributed by atoms with van der Waals surface area (Å²) < 4.78 is 0. The second-order valence-corrected chi connectivity index (χ2v) is 10.1. The first-order valence-electron chi connectivity index (χ1n) is 13.9. The first-order valence-corrected chi connectivity index (χ1v) is 13.9. The third-order valence-corrected chi connectivity index (χ3v) is 6.76. The third kappa shape index (κ3) is 11.2. The Labute approximate surface area is 249 Å². The Kier molecular flexibility index (Phi) is 13.9. The number of rotatable bonds is 10. The summed E-state index contributed by atoms with van der Waals surface area (Å²) in [6.45, 7) is -0.0340. The number of amides is 5. The molecule has 43 heavy (non-hydrogen) atoms. The van der Waals surface area contributed by atoms with Crippen molar-refractivity contribution >= 4 is 41.5 Å². The van der Waals surface area contributed by atoms with Crippen LogP contribution < -0.4 is 38.5 Å². The van der Waals surface area contributed by atoms with E-state index >= 15 is 0 Å². The second-order valence-electron chi connectivity index (χ2n) is 10.1. The summed E-state index contributed by atoms with van der Waals surface area (Å²) in [6, 6.07) is 2.95. The smallest absolute Gasteiger partial charge is 0.326 e. The van der Waals surface area contributed by atoms with Crippen molar-refractivity contribution in [3.05, 3.63) is 35.9 Å². The maximum atomic E-state index is 13.7. The molecule has 1 aliphatic rings. The predicted molar refractivity (Wildman–Crippen MR) is 156 cm³/mol. The van der Waals surface area contributed by atoms with Crippen LogP contribution in [0.2, 0.25) is 0 Å². The van der Waals surface area contributed by atoms with Crippen molar-refractivity contribution in [2.75, 3.05) is 26.7 Å². The second kappa shape index (κ2) is 17.3. The van der Waals surface area contributed by atoms with Gasteiger partial charge in [-0.3, -0.25) is 29.0 Å². The normalized spacial score (nSPS) is 22.6. The van der Waals surface area contributed by atoms with Crippen molar-refractivity contribution in [2.24, 2.45) is 22.2 Å². The number of likely N-dealkylation sites (N-methyl/N-ethyl adjacent to an activating group) is 1. The number of carboxylic acids is 1. The zero-order chi connectivity index (χ0) is 31.9. The molecule has 4 unspecified atom stereocenters. The van der Waals surface area contributed by atoms with E-state index < -0.39 is 72.6 Å². The molecule has 0 aromatic heterocycles. The molecule has 0 bridgehead atoms. The lowest BCUT2D eigenvalue weighted by Crippen LogP contribution is -2.57. The number of hydrogen-bond acceptors (Lipinski definition) is 8. The molecule has 4 atom stereocenters. The van der Waals surface area contributed by atoms with Gasteiger partial charge in [0.25, 0.3) is 0 Å². The van der Waals surface area contributed by atoms with E-state index in [1.165, 1.54) is 11.9 Å². The van der Waals surface area contributed by atoms with E-state index in [4.69, 9.17) is 17.2 Å². The summed E-state index contributed by atoms with van der Waals surface area (Å²) in [5.41, 5.74) is 16.7. The fraction of sp³-hybridized carbons (Fsp3) is 0.519. The molecule has 1 aromatic carbocycles. The monoisotopic (exact) mass is 603 g/mol. The van der Waals surface area contributed by atoms with Crippen LogP contribution >= 0.6 is 0 Å². The van der Waals surface area contributed by atoms with Crippen molar-refractivity contribution in [1.29, 1.82) is 0 Å².